The minimum Gasteiger partial charge on any atom is -0.493 e. The number of hydrogen-bond donors (Lipinski definition) is 1. The molecular formula is C33H33FN2O10. The number of aromatic nitrogens is 1. The second-order valence-corrected chi connectivity index (χ2v) is 10.7. The van der Waals surface area contributed by atoms with Gasteiger partial charge in [0.15, 0.2) is 23.6 Å². The summed E-state index contributed by atoms with van der Waals surface area (Å²) in [6, 6.07) is 13.8. The van der Waals surface area contributed by atoms with Crippen molar-refractivity contribution in [1.29, 1.82) is 0 Å². The third kappa shape index (κ3) is 8.03. The van der Waals surface area contributed by atoms with Crippen LogP contribution in [0.4, 0.5) is 4.39 Å². The first-order valence-corrected chi connectivity index (χ1v) is 14.4. The number of halogens is 1. The minimum atomic E-state index is -1.54. The number of pyridine rings is 1. The van der Waals surface area contributed by atoms with E-state index in [2.05, 4.69) is 10.3 Å². The molecule has 12 nitrogen and oxygen atoms in total. The number of hydrogen-bond acceptors (Lipinski definition) is 11. The molecule has 0 radical (unpaired) electrons. The van der Waals surface area contributed by atoms with Gasteiger partial charge in [0.1, 0.15) is 24.4 Å². The molecule has 1 aliphatic rings. The summed E-state index contributed by atoms with van der Waals surface area (Å²) in [5, 5.41) is 2.39. The molecule has 13 heteroatoms. The standard InChI is InChI=1S/C33H33FN2O10/c1-18(2)30(38)45-27-19(3)44-33(41)24(17-43-31(39)22(27)16-20-10-6-5-7-11-20)36-29(37)26-28(25(42-4)14-15-35-26)46-32(40)21-12-8-9-13-23(21)34/h5-15,18-19,22,24,27H,16-17H2,1-4H3,(H,36,37)/t19-,22+,24?,27?/m0/s1. The quantitative estimate of drug-likeness (QED) is 0.271. The zero-order chi connectivity index (χ0) is 33.4. The molecule has 2 aromatic carbocycles. The summed E-state index contributed by atoms with van der Waals surface area (Å²) >= 11 is 0. The predicted octanol–water partition coefficient (Wildman–Crippen LogP) is 3.46. The average Bonchev–Trinajstić information content (AvgIpc) is 3.07. The fourth-order valence-corrected chi connectivity index (χ4v) is 4.60. The van der Waals surface area contributed by atoms with Gasteiger partial charge in [0.05, 0.1) is 18.6 Å². The van der Waals surface area contributed by atoms with Crippen molar-refractivity contribution in [3.8, 4) is 11.5 Å². The van der Waals surface area contributed by atoms with Crippen molar-refractivity contribution in [2.24, 2.45) is 11.8 Å². The van der Waals surface area contributed by atoms with Crippen LogP contribution < -0.4 is 14.8 Å². The number of carbonyl (C=O) groups excluding carboxylic acids is 5. The average molecular weight is 637 g/mol. The van der Waals surface area contributed by atoms with Gasteiger partial charge in [0.2, 0.25) is 5.75 Å². The van der Waals surface area contributed by atoms with Crippen molar-refractivity contribution in [2.75, 3.05) is 13.7 Å². The van der Waals surface area contributed by atoms with Crippen LogP contribution in [0.3, 0.4) is 0 Å². The lowest BCUT2D eigenvalue weighted by atomic mass is 9.91. The first-order valence-electron chi connectivity index (χ1n) is 14.4. The number of ether oxygens (including phenoxy) is 5. The molecule has 1 N–H and O–H groups in total. The smallest absolute Gasteiger partial charge is 0.346 e. The molecule has 2 unspecified atom stereocenters. The van der Waals surface area contributed by atoms with Crippen molar-refractivity contribution in [2.45, 2.75) is 45.4 Å². The molecular weight excluding hydrogens is 603 g/mol. The van der Waals surface area contributed by atoms with Crippen molar-refractivity contribution in [3.63, 3.8) is 0 Å². The second kappa shape index (κ2) is 15.1. The molecule has 2 heterocycles. The summed E-state index contributed by atoms with van der Waals surface area (Å²) in [5.74, 6) is -7.50. The van der Waals surface area contributed by atoms with E-state index in [0.717, 1.165) is 11.6 Å². The van der Waals surface area contributed by atoms with Crippen LogP contribution in [0.2, 0.25) is 0 Å². The number of esters is 4. The first-order chi connectivity index (χ1) is 22.0. The number of methoxy groups -OCH3 is 1. The highest BCUT2D eigenvalue weighted by molar-refractivity contribution is 6.00. The lowest BCUT2D eigenvalue weighted by molar-refractivity contribution is -0.176. The van der Waals surface area contributed by atoms with Crippen LogP contribution in [0.25, 0.3) is 0 Å². The third-order valence-electron chi connectivity index (χ3n) is 7.06. The van der Waals surface area contributed by atoms with E-state index in [1.165, 1.54) is 44.5 Å². The second-order valence-electron chi connectivity index (χ2n) is 10.7. The lowest BCUT2D eigenvalue weighted by Crippen LogP contribution is -2.47. The van der Waals surface area contributed by atoms with E-state index < -0.39 is 89.3 Å². The van der Waals surface area contributed by atoms with Gasteiger partial charge in [-0.05, 0) is 31.0 Å². The summed E-state index contributed by atoms with van der Waals surface area (Å²) in [7, 11) is 1.25. The lowest BCUT2D eigenvalue weighted by Gasteiger charge is -2.29. The Hall–Kier alpha value is -5.33. The van der Waals surface area contributed by atoms with E-state index in [-0.39, 0.29) is 12.2 Å². The fraction of sp³-hybridized carbons (Fsp3) is 0.333. The maximum atomic E-state index is 14.2. The van der Waals surface area contributed by atoms with Gasteiger partial charge in [0.25, 0.3) is 5.91 Å². The Labute approximate surface area is 264 Å². The predicted molar refractivity (Wildman–Crippen MR) is 158 cm³/mol. The van der Waals surface area contributed by atoms with Crippen molar-refractivity contribution >= 4 is 29.8 Å². The molecule has 1 aliphatic heterocycles. The third-order valence-corrected chi connectivity index (χ3v) is 7.06. The number of cyclic esters (lactones) is 2. The Morgan fingerprint density at radius 3 is 2.39 bits per heavy atom. The largest absolute Gasteiger partial charge is 0.493 e. The molecule has 1 aromatic heterocycles. The van der Waals surface area contributed by atoms with Gasteiger partial charge < -0.3 is 29.0 Å². The van der Waals surface area contributed by atoms with E-state index in [1.54, 1.807) is 38.1 Å². The highest BCUT2D eigenvalue weighted by Gasteiger charge is 2.42. The van der Waals surface area contributed by atoms with E-state index in [1.807, 2.05) is 6.07 Å². The van der Waals surface area contributed by atoms with Gasteiger partial charge >= 0.3 is 23.9 Å². The Balaban J connectivity index is 1.60. The van der Waals surface area contributed by atoms with E-state index in [4.69, 9.17) is 23.7 Å². The monoisotopic (exact) mass is 636 g/mol. The van der Waals surface area contributed by atoms with Crippen LogP contribution >= 0.6 is 0 Å². The van der Waals surface area contributed by atoms with E-state index >= 15 is 0 Å². The topological polar surface area (TPSA) is 156 Å². The van der Waals surface area contributed by atoms with Gasteiger partial charge in [-0.1, -0.05) is 56.3 Å². The van der Waals surface area contributed by atoms with Gasteiger partial charge in [-0.25, -0.2) is 19.0 Å². The molecule has 1 fully saturated rings. The summed E-state index contributed by atoms with van der Waals surface area (Å²) in [4.78, 5) is 69.6. The number of benzene rings is 2. The molecule has 0 saturated carbocycles. The van der Waals surface area contributed by atoms with Gasteiger partial charge in [-0.3, -0.25) is 14.4 Å². The molecule has 242 valence electrons. The van der Waals surface area contributed by atoms with Crippen LogP contribution in [0.1, 0.15) is 47.2 Å². The van der Waals surface area contributed by atoms with Crippen LogP contribution in [0.5, 0.6) is 11.5 Å². The summed E-state index contributed by atoms with van der Waals surface area (Å²) in [5.41, 5.74) is -0.140. The Morgan fingerprint density at radius 1 is 1.02 bits per heavy atom. The molecule has 1 amide bonds. The molecule has 0 bridgehead atoms. The normalized spacial score (nSPS) is 19.9. The Bertz CT molecular complexity index is 1600. The fourth-order valence-electron chi connectivity index (χ4n) is 4.60. The number of nitrogens with one attached hydrogen (secondary N) is 1. The molecule has 4 atom stereocenters. The minimum absolute atomic E-state index is 0.0829. The molecule has 46 heavy (non-hydrogen) atoms. The zero-order valence-corrected chi connectivity index (χ0v) is 25.6. The SMILES string of the molecule is COc1ccnc(C(=O)NC2COC(=O)[C@H](Cc3ccccc3)C(OC(=O)C(C)C)[C@H](C)OC2=O)c1OC(=O)c1ccccc1F. The number of nitrogens with zero attached hydrogens (tertiary/aromatic N) is 1. The molecule has 0 aliphatic carbocycles. The van der Waals surface area contributed by atoms with Crippen LogP contribution in [-0.2, 0) is 35.0 Å². The molecule has 4 rings (SSSR count). The Kier molecular flexibility index (Phi) is 11.0. The molecule has 1 saturated heterocycles. The maximum Gasteiger partial charge on any atom is 0.346 e. The van der Waals surface area contributed by atoms with E-state index in [0.29, 0.717) is 0 Å². The summed E-state index contributed by atoms with van der Waals surface area (Å²) in [6.07, 6.45) is -1.02. The number of amides is 1. The highest BCUT2D eigenvalue weighted by Crippen LogP contribution is 2.31. The highest BCUT2D eigenvalue weighted by atomic mass is 19.1. The van der Waals surface area contributed by atoms with Crippen LogP contribution in [0, 0.1) is 17.7 Å². The number of rotatable bonds is 9. The first kappa shape index (κ1) is 33.6. The molecule has 0 spiro atoms. The van der Waals surface area contributed by atoms with Gasteiger partial charge in [0, 0.05) is 12.3 Å². The Morgan fingerprint density at radius 2 is 1.72 bits per heavy atom. The van der Waals surface area contributed by atoms with Crippen molar-refractivity contribution in [3.05, 3.63) is 89.5 Å². The number of carbonyl (C=O) groups is 5. The van der Waals surface area contributed by atoms with Crippen molar-refractivity contribution < 1.29 is 52.0 Å². The van der Waals surface area contributed by atoms with Crippen molar-refractivity contribution in [1.82, 2.24) is 10.3 Å². The maximum absolute atomic E-state index is 14.2. The van der Waals surface area contributed by atoms with Gasteiger partial charge in [-0.2, -0.15) is 0 Å². The summed E-state index contributed by atoms with van der Waals surface area (Å²) in [6.45, 7) is 4.08. The van der Waals surface area contributed by atoms with Crippen LogP contribution in [0.15, 0.2) is 66.9 Å². The zero-order valence-electron chi connectivity index (χ0n) is 25.6. The summed E-state index contributed by atoms with van der Waals surface area (Å²) < 4.78 is 41.6. The van der Waals surface area contributed by atoms with Gasteiger partial charge in [-0.15, -0.1) is 0 Å². The van der Waals surface area contributed by atoms with Crippen LogP contribution in [-0.4, -0.2) is 66.7 Å². The van der Waals surface area contributed by atoms with E-state index in [9.17, 15) is 28.4 Å². The molecule has 3 aromatic rings.